The second-order valence-corrected chi connectivity index (χ2v) is 4.02. The highest BCUT2D eigenvalue weighted by molar-refractivity contribution is 5.20. The average Bonchev–Trinajstić information content (AvgIpc) is 2.39. The normalized spacial score (nSPS) is 12.4. The quantitative estimate of drug-likeness (QED) is 0.810. The Hall–Kier alpha value is -1.97. The van der Waals surface area contributed by atoms with Crippen LogP contribution in [-0.4, -0.2) is 14.5 Å². The van der Waals surface area contributed by atoms with Crippen molar-refractivity contribution in [1.82, 2.24) is 14.5 Å². The average molecular weight is 229 g/mol. The lowest BCUT2D eigenvalue weighted by Crippen LogP contribution is -2.17. The molecule has 0 spiro atoms. The van der Waals surface area contributed by atoms with Gasteiger partial charge in [0.05, 0.1) is 18.1 Å². The van der Waals surface area contributed by atoms with E-state index in [1.807, 2.05) is 0 Å². The summed E-state index contributed by atoms with van der Waals surface area (Å²) in [6.45, 7) is 4.22. The molecule has 17 heavy (non-hydrogen) atoms. The molecule has 2 rings (SSSR count). The first-order valence-corrected chi connectivity index (χ1v) is 5.72. The molecule has 88 valence electrons. The van der Waals surface area contributed by atoms with Crippen molar-refractivity contribution in [2.24, 2.45) is 0 Å². The summed E-state index contributed by atoms with van der Waals surface area (Å²) in [5.41, 5.74) is 0.860. The Morgan fingerprint density at radius 3 is 2.71 bits per heavy atom. The van der Waals surface area contributed by atoms with E-state index in [1.165, 1.54) is 10.6 Å². The first-order valence-electron chi connectivity index (χ1n) is 5.72. The minimum Gasteiger partial charge on any atom is -0.269 e. The van der Waals surface area contributed by atoms with Gasteiger partial charge in [-0.15, -0.1) is 0 Å². The third kappa shape index (κ3) is 2.41. The van der Waals surface area contributed by atoms with Crippen molar-refractivity contribution in [3.8, 4) is 5.82 Å². The van der Waals surface area contributed by atoms with E-state index < -0.39 is 0 Å². The van der Waals surface area contributed by atoms with Gasteiger partial charge in [-0.1, -0.05) is 19.9 Å². The summed E-state index contributed by atoms with van der Waals surface area (Å²) < 4.78 is 1.48. The highest BCUT2D eigenvalue weighted by Crippen LogP contribution is 2.14. The van der Waals surface area contributed by atoms with Crippen LogP contribution in [0.25, 0.3) is 5.82 Å². The minimum absolute atomic E-state index is 0.0990. The van der Waals surface area contributed by atoms with E-state index in [4.69, 9.17) is 0 Å². The van der Waals surface area contributed by atoms with E-state index in [2.05, 4.69) is 23.8 Å². The summed E-state index contributed by atoms with van der Waals surface area (Å²) in [6.07, 6.45) is 6.10. The second kappa shape index (κ2) is 4.91. The monoisotopic (exact) mass is 229 g/mol. The van der Waals surface area contributed by atoms with E-state index in [0.717, 1.165) is 12.1 Å². The molecule has 0 aliphatic heterocycles. The second-order valence-electron chi connectivity index (χ2n) is 4.02. The van der Waals surface area contributed by atoms with Crippen molar-refractivity contribution < 1.29 is 0 Å². The van der Waals surface area contributed by atoms with Gasteiger partial charge in [0.1, 0.15) is 0 Å². The van der Waals surface area contributed by atoms with Crippen molar-refractivity contribution in [2.45, 2.75) is 26.2 Å². The zero-order chi connectivity index (χ0) is 12.3. The Kier molecular flexibility index (Phi) is 3.32. The smallest absolute Gasteiger partial charge is 0.256 e. The van der Waals surface area contributed by atoms with Gasteiger partial charge in [-0.25, -0.2) is 4.98 Å². The molecule has 0 aromatic carbocycles. The van der Waals surface area contributed by atoms with Gasteiger partial charge in [0.25, 0.3) is 5.56 Å². The molecule has 0 N–H and O–H groups in total. The summed E-state index contributed by atoms with van der Waals surface area (Å²) in [4.78, 5) is 20.2. The Balaban J connectivity index is 2.36. The van der Waals surface area contributed by atoms with Crippen LogP contribution >= 0.6 is 0 Å². The minimum atomic E-state index is -0.0990. The molecule has 4 nitrogen and oxygen atoms in total. The predicted octanol–water partition coefficient (Wildman–Crippen LogP) is 2.14. The molecule has 1 atom stereocenters. The summed E-state index contributed by atoms with van der Waals surface area (Å²) in [5, 5.41) is 0. The van der Waals surface area contributed by atoms with Gasteiger partial charge in [-0.2, -0.15) is 0 Å². The number of rotatable bonds is 3. The maximum absolute atomic E-state index is 11.6. The third-order valence-corrected chi connectivity index (χ3v) is 2.84. The van der Waals surface area contributed by atoms with Crippen molar-refractivity contribution in [3.63, 3.8) is 0 Å². The highest BCUT2D eigenvalue weighted by atomic mass is 16.1. The molecule has 1 unspecified atom stereocenters. The molecule has 0 radical (unpaired) electrons. The van der Waals surface area contributed by atoms with Gasteiger partial charge in [0.2, 0.25) is 0 Å². The summed E-state index contributed by atoms with van der Waals surface area (Å²) in [5.74, 6) is 0.951. The Morgan fingerprint density at radius 2 is 2.12 bits per heavy atom. The van der Waals surface area contributed by atoms with Crippen molar-refractivity contribution in [1.29, 1.82) is 0 Å². The van der Waals surface area contributed by atoms with Crippen LogP contribution in [0.3, 0.4) is 0 Å². The Morgan fingerprint density at radius 1 is 1.29 bits per heavy atom. The molecule has 0 bridgehead atoms. The predicted molar refractivity (Wildman–Crippen MR) is 66.3 cm³/mol. The molecular weight excluding hydrogens is 214 g/mol. The molecule has 0 saturated carbocycles. The third-order valence-electron chi connectivity index (χ3n) is 2.84. The van der Waals surface area contributed by atoms with Crippen LogP contribution in [0.1, 0.15) is 31.9 Å². The summed E-state index contributed by atoms with van der Waals surface area (Å²) >= 11 is 0. The molecule has 4 heteroatoms. The summed E-state index contributed by atoms with van der Waals surface area (Å²) in [7, 11) is 0. The van der Waals surface area contributed by atoms with Gasteiger partial charge < -0.3 is 0 Å². The van der Waals surface area contributed by atoms with E-state index in [1.54, 1.807) is 30.7 Å². The van der Waals surface area contributed by atoms with E-state index in [0.29, 0.717) is 11.7 Å². The maximum atomic E-state index is 11.6. The lowest BCUT2D eigenvalue weighted by atomic mass is 10.1. The number of nitrogens with zero attached hydrogens (tertiary/aromatic N) is 3. The van der Waals surface area contributed by atoms with Gasteiger partial charge in [-0.05, 0) is 18.4 Å². The zero-order valence-electron chi connectivity index (χ0n) is 10.00. The van der Waals surface area contributed by atoms with E-state index >= 15 is 0 Å². The maximum Gasteiger partial charge on any atom is 0.256 e. The van der Waals surface area contributed by atoms with Crippen LogP contribution in [0.5, 0.6) is 0 Å². The van der Waals surface area contributed by atoms with Crippen LogP contribution in [0, 0.1) is 0 Å². The topological polar surface area (TPSA) is 47.8 Å². The molecule has 0 fully saturated rings. The number of hydrogen-bond acceptors (Lipinski definition) is 3. The Labute approximate surface area is 100.0 Å². The van der Waals surface area contributed by atoms with Gasteiger partial charge >= 0.3 is 0 Å². The van der Waals surface area contributed by atoms with Gasteiger partial charge in [0.15, 0.2) is 5.82 Å². The lowest BCUT2D eigenvalue weighted by molar-refractivity contribution is 0.700. The van der Waals surface area contributed by atoms with Crippen LogP contribution in [0.2, 0.25) is 0 Å². The molecule has 2 aromatic heterocycles. The fraction of sp³-hybridized carbons (Fsp3) is 0.308. The van der Waals surface area contributed by atoms with Crippen LogP contribution in [-0.2, 0) is 0 Å². The lowest BCUT2D eigenvalue weighted by Gasteiger charge is -2.08. The molecule has 0 amide bonds. The molecular formula is C13H15N3O. The molecule has 0 saturated heterocycles. The largest absolute Gasteiger partial charge is 0.269 e. The van der Waals surface area contributed by atoms with Gasteiger partial charge in [-0.3, -0.25) is 14.3 Å². The first kappa shape index (κ1) is 11.5. The Bertz CT molecular complexity index is 545. The van der Waals surface area contributed by atoms with Gasteiger partial charge in [0, 0.05) is 12.3 Å². The first-order chi connectivity index (χ1) is 8.22. The number of aromatic nitrogens is 3. The molecule has 0 aliphatic rings. The van der Waals surface area contributed by atoms with E-state index in [-0.39, 0.29) is 5.56 Å². The van der Waals surface area contributed by atoms with Crippen LogP contribution in [0.15, 0.2) is 41.6 Å². The van der Waals surface area contributed by atoms with E-state index in [9.17, 15) is 4.79 Å². The standard InChI is InChI=1S/C13H15N3O/c1-3-10(2)11-8-15-12(9-14-11)16-7-5-4-6-13(16)17/h4-10H,3H2,1-2H3. The SMILES string of the molecule is CCC(C)c1cnc(-n2ccccc2=O)cn1. The molecule has 2 aromatic rings. The summed E-state index contributed by atoms with van der Waals surface area (Å²) in [6, 6.07) is 5.01. The highest BCUT2D eigenvalue weighted by Gasteiger charge is 2.06. The molecule has 2 heterocycles. The van der Waals surface area contributed by atoms with Crippen LogP contribution in [0.4, 0.5) is 0 Å². The fourth-order valence-electron chi connectivity index (χ4n) is 1.54. The number of hydrogen-bond donors (Lipinski definition) is 0. The number of pyridine rings is 1. The van der Waals surface area contributed by atoms with Crippen molar-refractivity contribution in [3.05, 3.63) is 52.8 Å². The molecule has 0 aliphatic carbocycles. The van der Waals surface area contributed by atoms with Crippen LogP contribution < -0.4 is 5.56 Å². The van der Waals surface area contributed by atoms with Crippen molar-refractivity contribution >= 4 is 0 Å². The van der Waals surface area contributed by atoms with Crippen molar-refractivity contribution in [2.75, 3.05) is 0 Å². The zero-order valence-corrected chi connectivity index (χ0v) is 10.00. The fourth-order valence-corrected chi connectivity index (χ4v) is 1.54.